The Morgan fingerprint density at radius 3 is 2.58 bits per heavy atom. The van der Waals surface area contributed by atoms with E-state index in [0.29, 0.717) is 6.42 Å². The molecule has 136 valence electrons. The predicted molar refractivity (Wildman–Crippen MR) is 110 cm³/mol. The van der Waals surface area contributed by atoms with Crippen molar-refractivity contribution in [2.45, 2.75) is 6.42 Å². The number of hydrogen-bond acceptors (Lipinski definition) is 4. The third-order valence-electron chi connectivity index (χ3n) is 4.40. The highest BCUT2D eigenvalue weighted by atomic mass is 79.9. The van der Waals surface area contributed by atoms with E-state index in [1.165, 1.54) is 5.69 Å². The molecule has 0 bridgehead atoms. The molecular formula is C20H23BrN4O. The number of nitrogens with one attached hydrogen (secondary N) is 1. The first-order chi connectivity index (χ1) is 12.7. The smallest absolute Gasteiger partial charge is 0.241 e. The van der Waals surface area contributed by atoms with Gasteiger partial charge in [-0.3, -0.25) is 9.69 Å². The van der Waals surface area contributed by atoms with Crippen LogP contribution in [-0.2, 0) is 4.79 Å². The fourth-order valence-electron chi connectivity index (χ4n) is 2.95. The monoisotopic (exact) mass is 414 g/mol. The van der Waals surface area contributed by atoms with Crippen LogP contribution >= 0.6 is 15.9 Å². The number of benzene rings is 2. The number of nitrogens with zero attached hydrogens (tertiary/aromatic N) is 3. The Bertz CT molecular complexity index is 742. The fraction of sp³-hybridized carbons (Fsp3) is 0.300. The van der Waals surface area contributed by atoms with Crippen LogP contribution in [0, 0.1) is 0 Å². The molecule has 0 aromatic heterocycles. The zero-order chi connectivity index (χ0) is 18.2. The first-order valence-electron chi connectivity index (χ1n) is 8.80. The molecular weight excluding hydrogens is 392 g/mol. The lowest BCUT2D eigenvalue weighted by molar-refractivity contribution is -0.121. The van der Waals surface area contributed by atoms with Gasteiger partial charge >= 0.3 is 0 Å². The third-order valence-corrected chi connectivity index (χ3v) is 4.89. The number of hydrogen-bond donors (Lipinski definition) is 1. The van der Waals surface area contributed by atoms with Gasteiger partial charge in [-0.2, -0.15) is 5.10 Å². The minimum absolute atomic E-state index is 0.0539. The van der Waals surface area contributed by atoms with Gasteiger partial charge in [0.05, 0.1) is 6.21 Å². The van der Waals surface area contributed by atoms with Crippen molar-refractivity contribution in [3.63, 3.8) is 0 Å². The van der Waals surface area contributed by atoms with Crippen molar-refractivity contribution in [3.05, 3.63) is 64.6 Å². The Morgan fingerprint density at radius 1 is 1.08 bits per heavy atom. The first-order valence-corrected chi connectivity index (χ1v) is 9.60. The molecule has 6 heteroatoms. The van der Waals surface area contributed by atoms with E-state index in [9.17, 15) is 4.79 Å². The van der Waals surface area contributed by atoms with E-state index in [2.05, 4.69) is 60.5 Å². The summed E-state index contributed by atoms with van der Waals surface area (Å²) in [6, 6.07) is 18.2. The third kappa shape index (κ3) is 5.68. The minimum atomic E-state index is -0.0539. The molecule has 2 aromatic carbocycles. The van der Waals surface area contributed by atoms with Gasteiger partial charge in [0.25, 0.3) is 0 Å². The fourth-order valence-corrected chi connectivity index (χ4v) is 3.37. The van der Waals surface area contributed by atoms with E-state index in [1.54, 1.807) is 6.21 Å². The normalized spacial score (nSPS) is 15.3. The standard InChI is InChI=1S/C20H23BrN4O/c21-18-6-4-5-17(15-18)16-22-23-20(26)9-10-24-11-13-25(14-12-24)19-7-2-1-3-8-19/h1-8,15-16H,9-14H2,(H,23,26)/b22-16-. The molecule has 1 aliphatic heterocycles. The molecule has 1 N–H and O–H groups in total. The SMILES string of the molecule is O=C(CCN1CCN(c2ccccc2)CC1)N/N=C\c1cccc(Br)c1. The second-order valence-electron chi connectivity index (χ2n) is 6.26. The van der Waals surface area contributed by atoms with E-state index in [-0.39, 0.29) is 5.91 Å². The molecule has 1 heterocycles. The van der Waals surface area contributed by atoms with Crippen molar-refractivity contribution in [2.75, 3.05) is 37.6 Å². The highest BCUT2D eigenvalue weighted by molar-refractivity contribution is 9.10. The number of anilines is 1. The van der Waals surface area contributed by atoms with Crippen molar-refractivity contribution in [1.82, 2.24) is 10.3 Å². The van der Waals surface area contributed by atoms with Crippen LogP contribution in [0.1, 0.15) is 12.0 Å². The number of amides is 1. The highest BCUT2D eigenvalue weighted by Crippen LogP contribution is 2.15. The zero-order valence-electron chi connectivity index (χ0n) is 14.6. The quantitative estimate of drug-likeness (QED) is 0.583. The summed E-state index contributed by atoms with van der Waals surface area (Å²) in [5.41, 5.74) is 4.81. The van der Waals surface area contributed by atoms with Crippen molar-refractivity contribution in [1.29, 1.82) is 0 Å². The van der Waals surface area contributed by atoms with Crippen LogP contribution in [0.2, 0.25) is 0 Å². The van der Waals surface area contributed by atoms with Crippen LogP contribution in [0.15, 0.2) is 64.2 Å². The van der Waals surface area contributed by atoms with Crippen LogP contribution in [-0.4, -0.2) is 49.7 Å². The van der Waals surface area contributed by atoms with Crippen LogP contribution in [0.4, 0.5) is 5.69 Å². The number of para-hydroxylation sites is 1. The maximum atomic E-state index is 12.0. The lowest BCUT2D eigenvalue weighted by Gasteiger charge is -2.36. The average Bonchev–Trinajstić information content (AvgIpc) is 2.68. The molecule has 0 radical (unpaired) electrons. The molecule has 3 rings (SSSR count). The lowest BCUT2D eigenvalue weighted by atomic mass is 10.2. The maximum absolute atomic E-state index is 12.0. The molecule has 1 fully saturated rings. The highest BCUT2D eigenvalue weighted by Gasteiger charge is 2.17. The second-order valence-corrected chi connectivity index (χ2v) is 7.18. The van der Waals surface area contributed by atoms with Crippen LogP contribution < -0.4 is 10.3 Å². The maximum Gasteiger partial charge on any atom is 0.241 e. The molecule has 1 amide bonds. The van der Waals surface area contributed by atoms with E-state index < -0.39 is 0 Å². The number of hydrazone groups is 1. The van der Waals surface area contributed by atoms with Crippen LogP contribution in [0.25, 0.3) is 0 Å². The second kappa shape index (κ2) is 9.50. The van der Waals surface area contributed by atoms with Gasteiger partial charge in [-0.25, -0.2) is 5.43 Å². The molecule has 0 saturated carbocycles. The number of halogens is 1. The van der Waals surface area contributed by atoms with Gasteiger partial charge in [-0.05, 0) is 29.8 Å². The summed E-state index contributed by atoms with van der Waals surface area (Å²) in [5.74, 6) is -0.0539. The zero-order valence-corrected chi connectivity index (χ0v) is 16.2. The first kappa shape index (κ1) is 18.6. The Balaban J connectivity index is 1.36. The summed E-state index contributed by atoms with van der Waals surface area (Å²) in [6.45, 7) is 4.70. The molecule has 1 aliphatic rings. The Kier molecular flexibility index (Phi) is 6.80. The van der Waals surface area contributed by atoms with Crippen molar-refractivity contribution < 1.29 is 4.79 Å². The molecule has 5 nitrogen and oxygen atoms in total. The van der Waals surface area contributed by atoms with Gasteiger partial charge in [0.15, 0.2) is 0 Å². The van der Waals surface area contributed by atoms with Gasteiger partial charge in [0.1, 0.15) is 0 Å². The predicted octanol–water partition coefficient (Wildman–Crippen LogP) is 3.11. The summed E-state index contributed by atoms with van der Waals surface area (Å²) in [4.78, 5) is 16.7. The van der Waals surface area contributed by atoms with Gasteiger partial charge in [-0.1, -0.05) is 46.3 Å². The molecule has 0 aliphatic carbocycles. The molecule has 0 spiro atoms. The Hall–Kier alpha value is -2.18. The van der Waals surface area contributed by atoms with Gasteiger partial charge in [-0.15, -0.1) is 0 Å². The van der Waals surface area contributed by atoms with Gasteiger partial charge in [0, 0.05) is 49.3 Å². The van der Waals surface area contributed by atoms with Crippen LogP contribution in [0.5, 0.6) is 0 Å². The molecule has 0 atom stereocenters. The summed E-state index contributed by atoms with van der Waals surface area (Å²) < 4.78 is 0.988. The molecule has 26 heavy (non-hydrogen) atoms. The average molecular weight is 415 g/mol. The largest absolute Gasteiger partial charge is 0.369 e. The van der Waals surface area contributed by atoms with Crippen LogP contribution in [0.3, 0.4) is 0 Å². The molecule has 2 aromatic rings. The molecule has 0 unspecified atom stereocenters. The van der Waals surface area contributed by atoms with Crippen molar-refractivity contribution in [3.8, 4) is 0 Å². The Morgan fingerprint density at radius 2 is 1.85 bits per heavy atom. The summed E-state index contributed by atoms with van der Waals surface area (Å²) in [6.07, 6.45) is 2.11. The van der Waals surface area contributed by atoms with Gasteiger partial charge in [0.2, 0.25) is 5.91 Å². The summed E-state index contributed by atoms with van der Waals surface area (Å²) >= 11 is 3.41. The summed E-state index contributed by atoms with van der Waals surface area (Å²) in [7, 11) is 0. The van der Waals surface area contributed by atoms with E-state index in [1.807, 2.05) is 30.3 Å². The van der Waals surface area contributed by atoms with Gasteiger partial charge < -0.3 is 4.90 Å². The lowest BCUT2D eigenvalue weighted by Crippen LogP contribution is -2.47. The van der Waals surface area contributed by atoms with Crippen molar-refractivity contribution in [2.24, 2.45) is 5.10 Å². The minimum Gasteiger partial charge on any atom is -0.369 e. The number of carbonyl (C=O) groups excluding carboxylic acids is 1. The topological polar surface area (TPSA) is 47.9 Å². The van der Waals surface area contributed by atoms with E-state index in [0.717, 1.165) is 42.8 Å². The van der Waals surface area contributed by atoms with E-state index >= 15 is 0 Å². The number of carbonyl (C=O) groups is 1. The van der Waals surface area contributed by atoms with Crippen molar-refractivity contribution >= 4 is 33.7 Å². The number of rotatable bonds is 6. The number of piperazine rings is 1. The Labute approximate surface area is 162 Å². The van der Waals surface area contributed by atoms with E-state index in [4.69, 9.17) is 0 Å². The summed E-state index contributed by atoms with van der Waals surface area (Å²) in [5, 5.41) is 4.03. The molecule has 1 saturated heterocycles.